The zero-order valence-corrected chi connectivity index (χ0v) is 12.5. The van der Waals surface area contributed by atoms with Crippen LogP contribution >= 0.6 is 0 Å². The third-order valence-electron chi connectivity index (χ3n) is 4.80. The fourth-order valence-corrected chi connectivity index (χ4v) is 3.46. The molecule has 0 aliphatic heterocycles. The first kappa shape index (κ1) is 14.3. The van der Waals surface area contributed by atoms with Gasteiger partial charge >= 0.3 is 0 Å². The van der Waals surface area contributed by atoms with Gasteiger partial charge in [0.15, 0.2) is 0 Å². The van der Waals surface area contributed by atoms with E-state index in [1.165, 1.54) is 64.6 Å². The van der Waals surface area contributed by atoms with Crippen molar-refractivity contribution in [3.05, 3.63) is 0 Å². The summed E-state index contributed by atoms with van der Waals surface area (Å²) in [6, 6.07) is 0.744. The Kier molecular flexibility index (Phi) is 5.97. The summed E-state index contributed by atoms with van der Waals surface area (Å²) < 4.78 is 0. The highest BCUT2D eigenvalue weighted by atomic mass is 15.2. The Labute approximate surface area is 114 Å². The van der Waals surface area contributed by atoms with Crippen LogP contribution in [0.4, 0.5) is 0 Å². The Hall–Kier alpha value is -0.0800. The lowest BCUT2D eigenvalue weighted by atomic mass is 9.83. The molecule has 0 aromatic heterocycles. The van der Waals surface area contributed by atoms with Gasteiger partial charge in [-0.15, -0.1) is 0 Å². The second-order valence-electron chi connectivity index (χ2n) is 6.36. The number of hydrogen-bond acceptors (Lipinski definition) is 2. The molecule has 2 nitrogen and oxygen atoms in total. The summed E-state index contributed by atoms with van der Waals surface area (Å²) in [6.07, 6.45) is 10.3. The molecule has 0 bridgehead atoms. The first-order valence-electron chi connectivity index (χ1n) is 8.29. The molecular formula is C16H32N2. The van der Waals surface area contributed by atoms with Crippen molar-refractivity contribution < 1.29 is 0 Å². The molecule has 2 fully saturated rings. The van der Waals surface area contributed by atoms with Crippen molar-refractivity contribution in [1.29, 1.82) is 0 Å². The smallest absolute Gasteiger partial charge is 0.0223 e. The van der Waals surface area contributed by atoms with Crippen LogP contribution in [0, 0.1) is 11.8 Å². The van der Waals surface area contributed by atoms with Crippen LogP contribution in [0.3, 0.4) is 0 Å². The maximum Gasteiger partial charge on any atom is 0.0223 e. The molecule has 1 atom stereocenters. The molecule has 0 heterocycles. The first-order valence-corrected chi connectivity index (χ1v) is 8.29. The standard InChI is InChI=1S/C16H32N2/c1-3-17-16(15-8-6-5-7-9-15)13-18(4-2)12-14-10-11-14/h14-17H,3-13H2,1-2H3. The molecule has 2 aliphatic carbocycles. The molecule has 0 aromatic rings. The second kappa shape index (κ2) is 7.49. The third kappa shape index (κ3) is 4.55. The van der Waals surface area contributed by atoms with Crippen LogP contribution in [-0.4, -0.2) is 37.1 Å². The lowest BCUT2D eigenvalue weighted by Crippen LogP contribution is -2.46. The van der Waals surface area contributed by atoms with E-state index in [1.807, 2.05) is 0 Å². The number of nitrogens with zero attached hydrogens (tertiary/aromatic N) is 1. The molecule has 0 radical (unpaired) electrons. The molecular weight excluding hydrogens is 220 g/mol. The molecule has 0 aromatic carbocycles. The molecule has 2 aliphatic rings. The number of nitrogens with one attached hydrogen (secondary N) is 1. The third-order valence-corrected chi connectivity index (χ3v) is 4.80. The van der Waals surface area contributed by atoms with E-state index in [9.17, 15) is 0 Å². The van der Waals surface area contributed by atoms with Crippen LogP contribution in [0.2, 0.25) is 0 Å². The van der Waals surface area contributed by atoms with Gasteiger partial charge in [0, 0.05) is 19.1 Å². The predicted molar refractivity (Wildman–Crippen MR) is 78.9 cm³/mol. The molecule has 2 saturated carbocycles. The molecule has 18 heavy (non-hydrogen) atoms. The SMILES string of the molecule is CCNC(CN(CC)CC1CC1)C1CCCCC1. The van der Waals surface area contributed by atoms with E-state index in [0.29, 0.717) is 0 Å². The number of likely N-dealkylation sites (N-methyl/N-ethyl adjacent to an activating group) is 2. The molecule has 1 unspecified atom stereocenters. The van der Waals surface area contributed by atoms with Crippen LogP contribution in [-0.2, 0) is 0 Å². The van der Waals surface area contributed by atoms with Gasteiger partial charge in [-0.2, -0.15) is 0 Å². The maximum atomic E-state index is 3.77. The molecule has 2 rings (SSSR count). The summed E-state index contributed by atoms with van der Waals surface area (Å²) in [7, 11) is 0. The van der Waals surface area contributed by atoms with Crippen molar-refractivity contribution in [2.75, 3.05) is 26.2 Å². The van der Waals surface area contributed by atoms with Crippen LogP contribution in [0.5, 0.6) is 0 Å². The monoisotopic (exact) mass is 252 g/mol. The number of rotatable bonds is 8. The van der Waals surface area contributed by atoms with Crippen LogP contribution in [0.25, 0.3) is 0 Å². The van der Waals surface area contributed by atoms with Crippen LogP contribution in [0.1, 0.15) is 58.8 Å². The van der Waals surface area contributed by atoms with E-state index in [4.69, 9.17) is 0 Å². The van der Waals surface area contributed by atoms with Crippen molar-refractivity contribution in [3.63, 3.8) is 0 Å². The van der Waals surface area contributed by atoms with Crippen molar-refractivity contribution in [3.8, 4) is 0 Å². The Morgan fingerprint density at radius 3 is 2.33 bits per heavy atom. The summed E-state index contributed by atoms with van der Waals surface area (Å²) in [4.78, 5) is 2.69. The highest BCUT2D eigenvalue weighted by molar-refractivity contribution is 4.84. The fraction of sp³-hybridized carbons (Fsp3) is 1.00. The van der Waals surface area contributed by atoms with E-state index in [2.05, 4.69) is 24.1 Å². The lowest BCUT2D eigenvalue weighted by Gasteiger charge is -2.34. The number of hydrogen-bond donors (Lipinski definition) is 1. The molecule has 106 valence electrons. The quantitative estimate of drug-likeness (QED) is 0.713. The molecule has 0 saturated heterocycles. The zero-order valence-electron chi connectivity index (χ0n) is 12.5. The summed E-state index contributed by atoms with van der Waals surface area (Å²) >= 11 is 0. The van der Waals surface area contributed by atoms with Crippen molar-refractivity contribution in [2.24, 2.45) is 11.8 Å². The van der Waals surface area contributed by atoms with E-state index >= 15 is 0 Å². The lowest BCUT2D eigenvalue weighted by molar-refractivity contribution is 0.185. The van der Waals surface area contributed by atoms with Gasteiger partial charge < -0.3 is 10.2 Å². The minimum absolute atomic E-state index is 0.744. The Morgan fingerprint density at radius 2 is 1.78 bits per heavy atom. The van der Waals surface area contributed by atoms with E-state index < -0.39 is 0 Å². The normalized spacial score (nSPS) is 23.5. The highest BCUT2D eigenvalue weighted by Gasteiger charge is 2.28. The van der Waals surface area contributed by atoms with Crippen molar-refractivity contribution in [2.45, 2.75) is 64.8 Å². The average molecular weight is 252 g/mol. The van der Waals surface area contributed by atoms with Crippen LogP contribution in [0.15, 0.2) is 0 Å². The van der Waals surface area contributed by atoms with Gasteiger partial charge in [-0.1, -0.05) is 33.1 Å². The minimum atomic E-state index is 0.744. The largest absolute Gasteiger partial charge is 0.313 e. The zero-order chi connectivity index (χ0) is 12.8. The highest BCUT2D eigenvalue weighted by Crippen LogP contribution is 2.31. The van der Waals surface area contributed by atoms with Crippen LogP contribution < -0.4 is 5.32 Å². The van der Waals surface area contributed by atoms with Gasteiger partial charge in [-0.3, -0.25) is 0 Å². The van der Waals surface area contributed by atoms with Crippen molar-refractivity contribution in [1.82, 2.24) is 10.2 Å². The van der Waals surface area contributed by atoms with Gasteiger partial charge in [0.25, 0.3) is 0 Å². The average Bonchev–Trinajstić information content (AvgIpc) is 3.22. The van der Waals surface area contributed by atoms with Gasteiger partial charge in [-0.25, -0.2) is 0 Å². The van der Waals surface area contributed by atoms with Gasteiger partial charge in [-0.05, 0) is 50.6 Å². The van der Waals surface area contributed by atoms with Gasteiger partial charge in [0.1, 0.15) is 0 Å². The molecule has 0 spiro atoms. The Morgan fingerprint density at radius 1 is 1.06 bits per heavy atom. The summed E-state index contributed by atoms with van der Waals surface area (Å²) in [5, 5.41) is 3.77. The van der Waals surface area contributed by atoms with Gasteiger partial charge in [0.05, 0.1) is 0 Å². The summed E-state index contributed by atoms with van der Waals surface area (Å²) in [6.45, 7) is 9.57. The maximum absolute atomic E-state index is 3.77. The topological polar surface area (TPSA) is 15.3 Å². The minimum Gasteiger partial charge on any atom is -0.313 e. The Balaban J connectivity index is 1.81. The van der Waals surface area contributed by atoms with E-state index in [-0.39, 0.29) is 0 Å². The van der Waals surface area contributed by atoms with Crippen molar-refractivity contribution >= 4 is 0 Å². The predicted octanol–water partition coefficient (Wildman–Crippen LogP) is 3.28. The van der Waals surface area contributed by atoms with E-state index in [1.54, 1.807) is 0 Å². The second-order valence-corrected chi connectivity index (χ2v) is 6.36. The molecule has 2 heteroatoms. The summed E-state index contributed by atoms with van der Waals surface area (Å²) in [5.41, 5.74) is 0. The summed E-state index contributed by atoms with van der Waals surface area (Å²) in [5.74, 6) is 1.96. The first-order chi connectivity index (χ1) is 8.83. The molecule has 0 amide bonds. The van der Waals surface area contributed by atoms with Gasteiger partial charge in [0.2, 0.25) is 0 Å². The Bertz CT molecular complexity index is 219. The fourth-order valence-electron chi connectivity index (χ4n) is 3.46. The molecule has 1 N–H and O–H groups in total. The van der Waals surface area contributed by atoms with E-state index in [0.717, 1.165) is 24.4 Å².